The van der Waals surface area contributed by atoms with Crippen LogP contribution in [-0.2, 0) is 17.5 Å². The lowest BCUT2D eigenvalue weighted by Gasteiger charge is -2.45. The van der Waals surface area contributed by atoms with Crippen LogP contribution < -0.4 is 4.90 Å². The molecular formula is C23H28F9N3O2. The summed E-state index contributed by atoms with van der Waals surface area (Å²) in [4.78, 5) is 16.5. The molecule has 1 aromatic rings. The molecule has 0 N–H and O–H groups in total. The van der Waals surface area contributed by atoms with Gasteiger partial charge >= 0.3 is 24.6 Å². The van der Waals surface area contributed by atoms with Crippen LogP contribution >= 0.6 is 0 Å². The van der Waals surface area contributed by atoms with E-state index in [4.69, 9.17) is 0 Å². The topological polar surface area (TPSA) is 36.0 Å². The van der Waals surface area contributed by atoms with E-state index in [1.165, 1.54) is 0 Å². The largest absolute Gasteiger partial charge is 0.434 e. The first-order chi connectivity index (χ1) is 16.9. The highest BCUT2D eigenvalue weighted by Gasteiger charge is 2.60. The number of ether oxygens (including phenoxy) is 1. The molecular weight excluding hydrogens is 521 g/mol. The van der Waals surface area contributed by atoms with Gasteiger partial charge in [-0.25, -0.2) is 4.79 Å². The molecule has 0 saturated carbocycles. The summed E-state index contributed by atoms with van der Waals surface area (Å²) < 4.78 is 121. The van der Waals surface area contributed by atoms with Crippen LogP contribution in [0.2, 0.25) is 0 Å². The summed E-state index contributed by atoms with van der Waals surface area (Å²) >= 11 is 0. The number of piperidine rings is 1. The number of hydrogen-bond donors (Lipinski definition) is 0. The normalized spacial score (nSPS) is 19.2. The third-order valence-electron chi connectivity index (χ3n) is 7.03. The molecule has 2 aliphatic heterocycles. The van der Waals surface area contributed by atoms with E-state index in [9.17, 15) is 44.3 Å². The minimum atomic E-state index is -5.81. The van der Waals surface area contributed by atoms with Crippen molar-refractivity contribution < 1.29 is 49.0 Å². The van der Waals surface area contributed by atoms with E-state index in [0.29, 0.717) is 24.3 Å². The molecule has 3 rings (SSSR count). The minimum Gasteiger partial charge on any atom is -0.426 e. The molecule has 0 atom stereocenters. The standard InChI is InChI=1S/C23H28F9N3O2/c1-20(5-9-35(10-6-20)19(36)37-18(22(27,28)29)23(30,31)32)33(2)14-15-11-16(21(24,25)26)13-17(12-15)34-7-3-4-8-34/h11-13,18H,3-10,14H2,1-2H3. The van der Waals surface area contributed by atoms with Gasteiger partial charge in [-0.3, -0.25) is 4.90 Å². The van der Waals surface area contributed by atoms with Crippen molar-refractivity contribution >= 4 is 11.8 Å². The highest BCUT2D eigenvalue weighted by Crippen LogP contribution is 2.38. The van der Waals surface area contributed by atoms with Crippen LogP contribution in [0.1, 0.15) is 43.7 Å². The number of benzene rings is 1. The van der Waals surface area contributed by atoms with E-state index in [2.05, 4.69) is 4.74 Å². The van der Waals surface area contributed by atoms with E-state index in [0.717, 1.165) is 29.9 Å². The van der Waals surface area contributed by atoms with Gasteiger partial charge in [0.2, 0.25) is 0 Å². The molecule has 0 aliphatic carbocycles. The quantitative estimate of drug-likeness (QED) is 0.409. The Morgan fingerprint density at radius 3 is 1.97 bits per heavy atom. The Bertz CT molecular complexity index is 934. The first-order valence-electron chi connectivity index (χ1n) is 11.7. The first-order valence-corrected chi connectivity index (χ1v) is 11.7. The zero-order chi connectivity index (χ0) is 27.8. The van der Waals surface area contributed by atoms with E-state index in [-0.39, 0.29) is 32.5 Å². The van der Waals surface area contributed by atoms with Gasteiger partial charge in [-0.2, -0.15) is 39.5 Å². The van der Waals surface area contributed by atoms with E-state index < -0.39 is 41.8 Å². The molecule has 0 aromatic heterocycles. The molecule has 5 nitrogen and oxygen atoms in total. The average Bonchev–Trinajstić information content (AvgIpc) is 3.30. The lowest BCUT2D eigenvalue weighted by molar-refractivity contribution is -0.308. The average molecular weight is 549 g/mol. The Balaban J connectivity index is 1.68. The summed E-state index contributed by atoms with van der Waals surface area (Å²) in [7, 11) is 1.67. The molecule has 2 aliphatic rings. The predicted octanol–water partition coefficient (Wildman–Crippen LogP) is 6.22. The van der Waals surface area contributed by atoms with Gasteiger partial charge in [0.05, 0.1) is 5.56 Å². The van der Waals surface area contributed by atoms with Crippen molar-refractivity contribution in [2.24, 2.45) is 0 Å². The lowest BCUT2D eigenvalue weighted by Crippen LogP contribution is -2.54. The number of alkyl halides is 9. The highest BCUT2D eigenvalue weighted by molar-refractivity contribution is 5.68. The van der Waals surface area contributed by atoms with E-state index in [1.807, 2.05) is 4.90 Å². The molecule has 37 heavy (non-hydrogen) atoms. The summed E-state index contributed by atoms with van der Waals surface area (Å²) in [5, 5.41) is 0. The van der Waals surface area contributed by atoms with Gasteiger partial charge in [0.1, 0.15) is 0 Å². The number of halogens is 9. The molecule has 2 saturated heterocycles. The van der Waals surface area contributed by atoms with Crippen molar-refractivity contribution in [3.05, 3.63) is 29.3 Å². The number of carbonyl (C=O) groups excluding carboxylic acids is 1. The lowest BCUT2D eigenvalue weighted by atomic mass is 9.87. The monoisotopic (exact) mass is 549 g/mol. The maximum absolute atomic E-state index is 13.5. The summed E-state index contributed by atoms with van der Waals surface area (Å²) in [5.41, 5.74) is -0.554. The van der Waals surface area contributed by atoms with Crippen LogP contribution in [0.4, 0.5) is 50.0 Å². The van der Waals surface area contributed by atoms with Gasteiger partial charge in [0, 0.05) is 44.0 Å². The van der Waals surface area contributed by atoms with Gasteiger partial charge in [-0.15, -0.1) is 0 Å². The number of amides is 1. The van der Waals surface area contributed by atoms with Crippen LogP contribution in [0, 0.1) is 0 Å². The summed E-state index contributed by atoms with van der Waals surface area (Å²) in [6, 6.07) is 3.89. The Morgan fingerprint density at radius 1 is 0.946 bits per heavy atom. The minimum absolute atomic E-state index is 0.121. The van der Waals surface area contributed by atoms with Crippen LogP contribution in [0.3, 0.4) is 0 Å². The van der Waals surface area contributed by atoms with Crippen LogP contribution in [0.15, 0.2) is 18.2 Å². The molecule has 0 unspecified atom stereocenters. The number of anilines is 1. The maximum atomic E-state index is 13.5. The summed E-state index contributed by atoms with van der Waals surface area (Å²) in [6.45, 7) is 2.86. The van der Waals surface area contributed by atoms with Crippen molar-refractivity contribution in [3.8, 4) is 0 Å². The molecule has 0 bridgehead atoms. The van der Waals surface area contributed by atoms with Crippen molar-refractivity contribution in [2.75, 3.05) is 38.1 Å². The van der Waals surface area contributed by atoms with E-state index >= 15 is 0 Å². The Morgan fingerprint density at radius 2 is 1.49 bits per heavy atom. The zero-order valence-electron chi connectivity index (χ0n) is 20.2. The van der Waals surface area contributed by atoms with Gasteiger partial charge in [-0.1, -0.05) is 0 Å². The maximum Gasteiger partial charge on any atom is 0.434 e. The van der Waals surface area contributed by atoms with Gasteiger partial charge in [0.15, 0.2) is 0 Å². The van der Waals surface area contributed by atoms with Gasteiger partial charge in [0.25, 0.3) is 6.10 Å². The van der Waals surface area contributed by atoms with E-state index in [1.54, 1.807) is 24.9 Å². The first kappa shape index (κ1) is 29.2. The SMILES string of the molecule is CN(Cc1cc(N2CCCC2)cc(C(F)(F)F)c1)C1(C)CCN(C(=O)OC(C(F)(F)F)C(F)(F)F)CC1. The highest BCUT2D eigenvalue weighted by atomic mass is 19.4. The molecule has 2 heterocycles. The van der Waals surface area contributed by atoms with Crippen LogP contribution in [0.25, 0.3) is 0 Å². The van der Waals surface area contributed by atoms with Crippen molar-refractivity contribution in [1.82, 2.24) is 9.80 Å². The van der Waals surface area contributed by atoms with Crippen LogP contribution in [-0.4, -0.2) is 73.1 Å². The molecule has 210 valence electrons. The number of carbonyl (C=O) groups is 1. The van der Waals surface area contributed by atoms with Crippen molar-refractivity contribution in [2.45, 2.75) is 69.3 Å². The fraction of sp³-hybridized carbons (Fsp3) is 0.696. The molecule has 14 heteroatoms. The summed E-state index contributed by atoms with van der Waals surface area (Å²) in [6.07, 6.45) is -20.0. The molecule has 1 amide bonds. The molecule has 1 aromatic carbocycles. The second-order valence-electron chi connectivity index (χ2n) is 9.77. The fourth-order valence-corrected chi connectivity index (χ4v) is 4.60. The number of rotatable bonds is 5. The smallest absolute Gasteiger partial charge is 0.426 e. The fourth-order valence-electron chi connectivity index (χ4n) is 4.60. The van der Waals surface area contributed by atoms with Crippen molar-refractivity contribution in [3.63, 3.8) is 0 Å². The van der Waals surface area contributed by atoms with Crippen molar-refractivity contribution in [1.29, 1.82) is 0 Å². The predicted molar refractivity (Wildman–Crippen MR) is 116 cm³/mol. The Hall–Kier alpha value is -2.38. The molecule has 0 radical (unpaired) electrons. The number of nitrogens with zero attached hydrogens (tertiary/aromatic N) is 3. The Labute approximate surface area is 208 Å². The third kappa shape index (κ3) is 7.14. The van der Waals surface area contributed by atoms with Gasteiger partial charge < -0.3 is 14.5 Å². The molecule has 2 fully saturated rings. The number of likely N-dealkylation sites (tertiary alicyclic amines) is 1. The van der Waals surface area contributed by atoms with Gasteiger partial charge in [-0.05, 0) is 63.4 Å². The zero-order valence-corrected chi connectivity index (χ0v) is 20.2. The summed E-state index contributed by atoms with van der Waals surface area (Å²) in [5.74, 6) is 0. The second-order valence-corrected chi connectivity index (χ2v) is 9.77. The Kier molecular flexibility index (Phi) is 8.21. The third-order valence-corrected chi connectivity index (χ3v) is 7.03. The van der Waals surface area contributed by atoms with Crippen LogP contribution in [0.5, 0.6) is 0 Å². The second kappa shape index (κ2) is 10.4. The molecule has 0 spiro atoms. The number of hydrogen-bond acceptors (Lipinski definition) is 4.